The summed E-state index contributed by atoms with van der Waals surface area (Å²) < 4.78 is 39.6. The first kappa shape index (κ1) is 14.9. The van der Waals surface area contributed by atoms with Crippen molar-refractivity contribution < 1.29 is 13.2 Å². The van der Waals surface area contributed by atoms with Crippen LogP contribution in [0.3, 0.4) is 0 Å². The molecule has 0 aliphatic carbocycles. The number of rotatable bonds is 6. The lowest BCUT2D eigenvalue weighted by molar-refractivity contribution is -0.144. The van der Waals surface area contributed by atoms with Gasteiger partial charge in [0.1, 0.15) is 0 Å². The molecule has 0 aliphatic rings. The van der Waals surface area contributed by atoms with Gasteiger partial charge in [-0.3, -0.25) is 0 Å². The summed E-state index contributed by atoms with van der Waals surface area (Å²) in [6.45, 7) is 1.02. The molecule has 1 aromatic heterocycles. The van der Waals surface area contributed by atoms with Crippen molar-refractivity contribution in [3.8, 4) is 0 Å². The molecule has 1 heterocycles. The van der Waals surface area contributed by atoms with Gasteiger partial charge in [-0.15, -0.1) is 5.10 Å². The van der Waals surface area contributed by atoms with Crippen molar-refractivity contribution in [1.29, 1.82) is 0 Å². The van der Waals surface area contributed by atoms with Gasteiger partial charge in [0.05, 0.1) is 5.69 Å². The Bertz CT molecular complexity index is 372. The summed E-state index contributed by atoms with van der Waals surface area (Å²) in [6.07, 6.45) is -3.77. The number of alkyl halides is 3. The summed E-state index contributed by atoms with van der Waals surface area (Å²) in [6, 6.07) is 0. The predicted octanol–water partition coefficient (Wildman–Crippen LogP) is 0.750. The minimum atomic E-state index is -4.44. The molecule has 8 heteroatoms. The maximum absolute atomic E-state index is 12.9. The zero-order valence-corrected chi connectivity index (χ0v) is 10.5. The predicted molar refractivity (Wildman–Crippen MR) is 61.0 cm³/mol. The van der Waals surface area contributed by atoms with Crippen molar-refractivity contribution in [3.05, 3.63) is 11.4 Å². The van der Waals surface area contributed by atoms with E-state index in [1.54, 1.807) is 0 Å². The minimum Gasteiger partial charge on any atom is -0.330 e. The van der Waals surface area contributed by atoms with Gasteiger partial charge in [-0.2, -0.15) is 13.2 Å². The molecule has 0 spiro atoms. The molecule has 0 radical (unpaired) electrons. The van der Waals surface area contributed by atoms with E-state index in [0.717, 1.165) is 4.68 Å². The molecular weight excluding hydrogens is 247 g/mol. The lowest BCUT2D eigenvalue weighted by Gasteiger charge is -2.12. The second-order valence-corrected chi connectivity index (χ2v) is 4.30. The summed E-state index contributed by atoms with van der Waals surface area (Å²) in [7, 11) is 3.73. The van der Waals surface area contributed by atoms with E-state index in [-0.39, 0.29) is 25.2 Å². The van der Waals surface area contributed by atoms with Gasteiger partial charge in [-0.25, -0.2) is 4.68 Å². The van der Waals surface area contributed by atoms with Crippen LogP contribution in [-0.2, 0) is 19.1 Å². The number of hydrogen-bond acceptors (Lipinski definition) is 4. The first-order valence-electron chi connectivity index (χ1n) is 5.70. The van der Waals surface area contributed by atoms with Crippen molar-refractivity contribution >= 4 is 0 Å². The molecule has 1 rings (SSSR count). The molecule has 0 bridgehead atoms. The molecule has 1 aromatic rings. The topological polar surface area (TPSA) is 60.0 Å². The molecule has 104 valence electrons. The molecule has 5 nitrogen and oxygen atoms in total. The zero-order valence-electron chi connectivity index (χ0n) is 10.5. The number of nitrogens with two attached hydrogens (primary N) is 1. The fourth-order valence-electron chi connectivity index (χ4n) is 1.66. The van der Waals surface area contributed by atoms with Crippen LogP contribution in [0.25, 0.3) is 0 Å². The lowest BCUT2D eigenvalue weighted by atomic mass is 10.2. The van der Waals surface area contributed by atoms with Gasteiger partial charge in [-0.1, -0.05) is 5.21 Å². The van der Waals surface area contributed by atoms with Crippen LogP contribution in [0.4, 0.5) is 13.2 Å². The van der Waals surface area contributed by atoms with Crippen molar-refractivity contribution in [1.82, 2.24) is 19.9 Å². The van der Waals surface area contributed by atoms with Crippen LogP contribution in [-0.4, -0.2) is 47.1 Å². The lowest BCUT2D eigenvalue weighted by Crippen LogP contribution is -2.20. The van der Waals surface area contributed by atoms with Crippen LogP contribution >= 0.6 is 0 Å². The number of aromatic nitrogens is 3. The van der Waals surface area contributed by atoms with E-state index in [9.17, 15) is 13.2 Å². The van der Waals surface area contributed by atoms with E-state index in [1.165, 1.54) is 0 Å². The highest BCUT2D eigenvalue weighted by atomic mass is 19.4. The Labute approximate surface area is 104 Å². The van der Waals surface area contributed by atoms with E-state index in [4.69, 9.17) is 5.73 Å². The van der Waals surface area contributed by atoms with Crippen LogP contribution < -0.4 is 5.73 Å². The first-order valence-corrected chi connectivity index (χ1v) is 5.70. The molecule has 0 saturated heterocycles. The largest absolute Gasteiger partial charge is 0.434 e. The molecule has 0 atom stereocenters. The van der Waals surface area contributed by atoms with E-state index in [2.05, 4.69) is 10.3 Å². The molecule has 0 amide bonds. The van der Waals surface area contributed by atoms with Crippen molar-refractivity contribution in [2.75, 3.05) is 27.2 Å². The monoisotopic (exact) mass is 265 g/mol. The minimum absolute atomic E-state index is 0.0742. The fourth-order valence-corrected chi connectivity index (χ4v) is 1.66. The SMILES string of the molecule is CN(C)CCCn1nnc(CCN)c1C(F)(F)F. The second kappa shape index (κ2) is 6.14. The summed E-state index contributed by atoms with van der Waals surface area (Å²) in [5.41, 5.74) is 4.42. The maximum atomic E-state index is 12.9. The van der Waals surface area contributed by atoms with Crippen LogP contribution in [0.5, 0.6) is 0 Å². The highest BCUT2D eigenvalue weighted by Gasteiger charge is 2.38. The summed E-state index contributed by atoms with van der Waals surface area (Å²) in [5.74, 6) is 0. The molecule has 0 unspecified atom stereocenters. The van der Waals surface area contributed by atoms with Gasteiger partial charge in [0.15, 0.2) is 5.69 Å². The van der Waals surface area contributed by atoms with Gasteiger partial charge < -0.3 is 10.6 Å². The smallest absolute Gasteiger partial charge is 0.330 e. The number of hydrogen-bond donors (Lipinski definition) is 1. The zero-order chi connectivity index (χ0) is 13.8. The van der Waals surface area contributed by atoms with Gasteiger partial charge >= 0.3 is 6.18 Å². The third-order valence-electron chi connectivity index (χ3n) is 2.43. The third kappa shape index (κ3) is 3.95. The van der Waals surface area contributed by atoms with E-state index in [0.29, 0.717) is 13.0 Å². The van der Waals surface area contributed by atoms with Crippen molar-refractivity contribution in [2.24, 2.45) is 5.73 Å². The fraction of sp³-hybridized carbons (Fsp3) is 0.800. The van der Waals surface area contributed by atoms with E-state index in [1.807, 2.05) is 19.0 Å². The molecule has 0 aromatic carbocycles. The summed E-state index contributed by atoms with van der Waals surface area (Å²) in [4.78, 5) is 1.91. The van der Waals surface area contributed by atoms with Gasteiger partial charge in [0.2, 0.25) is 0 Å². The molecule has 0 saturated carbocycles. The Kier molecular flexibility index (Phi) is 5.09. The first-order chi connectivity index (χ1) is 8.36. The molecular formula is C10H18F3N5. The summed E-state index contributed by atoms with van der Waals surface area (Å²) in [5, 5.41) is 7.14. The Morgan fingerprint density at radius 2 is 2.00 bits per heavy atom. The van der Waals surface area contributed by atoms with Gasteiger partial charge in [-0.05, 0) is 33.6 Å². The average molecular weight is 265 g/mol. The Morgan fingerprint density at radius 1 is 1.33 bits per heavy atom. The number of aryl methyl sites for hydroxylation is 1. The van der Waals surface area contributed by atoms with Crippen molar-refractivity contribution in [3.63, 3.8) is 0 Å². The Hall–Kier alpha value is -1.15. The third-order valence-corrected chi connectivity index (χ3v) is 2.43. The Morgan fingerprint density at radius 3 is 2.50 bits per heavy atom. The average Bonchev–Trinajstić information content (AvgIpc) is 2.60. The molecule has 18 heavy (non-hydrogen) atoms. The van der Waals surface area contributed by atoms with Gasteiger partial charge in [0.25, 0.3) is 0 Å². The molecule has 2 N–H and O–H groups in total. The van der Waals surface area contributed by atoms with Crippen LogP contribution in [0, 0.1) is 0 Å². The van der Waals surface area contributed by atoms with Crippen LogP contribution in [0.15, 0.2) is 0 Å². The summed E-state index contributed by atoms with van der Waals surface area (Å²) >= 11 is 0. The van der Waals surface area contributed by atoms with Crippen molar-refractivity contribution in [2.45, 2.75) is 25.6 Å². The van der Waals surface area contributed by atoms with E-state index >= 15 is 0 Å². The highest BCUT2D eigenvalue weighted by Crippen LogP contribution is 2.31. The number of halogens is 3. The standard InChI is InChI=1S/C10H18F3N5/c1-17(2)6-3-7-18-9(10(11,12)13)8(4-5-14)15-16-18/h3-7,14H2,1-2H3. The quantitative estimate of drug-likeness (QED) is 0.824. The molecule has 0 aliphatic heterocycles. The number of nitrogens with zero attached hydrogens (tertiary/aromatic N) is 4. The van der Waals surface area contributed by atoms with Crippen LogP contribution in [0.1, 0.15) is 17.8 Å². The highest BCUT2D eigenvalue weighted by molar-refractivity contribution is 5.14. The second-order valence-electron chi connectivity index (χ2n) is 4.30. The molecule has 0 fully saturated rings. The normalized spacial score (nSPS) is 12.4. The van der Waals surface area contributed by atoms with Crippen LogP contribution in [0.2, 0.25) is 0 Å². The maximum Gasteiger partial charge on any atom is 0.434 e. The van der Waals surface area contributed by atoms with E-state index < -0.39 is 11.9 Å². The van der Waals surface area contributed by atoms with Gasteiger partial charge in [0, 0.05) is 13.0 Å². The Balaban J connectivity index is 2.84.